The molecule has 1 heterocycles. The molecule has 160 valence electrons. The van der Waals surface area contributed by atoms with Gasteiger partial charge in [0.25, 0.3) is 5.91 Å². The normalized spacial score (nSPS) is 10.5. The van der Waals surface area contributed by atoms with Crippen LogP contribution in [0.4, 0.5) is 0 Å². The Morgan fingerprint density at radius 1 is 0.719 bits per heavy atom. The Morgan fingerprint density at radius 2 is 1.44 bits per heavy atom. The van der Waals surface area contributed by atoms with Gasteiger partial charge in [-0.2, -0.15) is 0 Å². The molecule has 0 unspecified atom stereocenters. The third kappa shape index (κ3) is 6.27. The molecular formula is C27H24N2O3. The number of pyridine rings is 1. The monoisotopic (exact) mass is 424 g/mol. The predicted octanol–water partition coefficient (Wildman–Crippen LogP) is 5.52. The molecule has 0 bridgehead atoms. The highest BCUT2D eigenvalue weighted by Gasteiger charge is 2.08. The Bertz CT molecular complexity index is 1150. The zero-order chi connectivity index (χ0) is 22.0. The fourth-order valence-electron chi connectivity index (χ4n) is 3.22. The lowest BCUT2D eigenvalue weighted by Gasteiger charge is -2.10. The summed E-state index contributed by atoms with van der Waals surface area (Å²) in [4.78, 5) is 16.6. The molecule has 0 saturated heterocycles. The fraction of sp³-hybridized carbons (Fsp3) is 0.111. The summed E-state index contributed by atoms with van der Waals surface area (Å²) < 4.78 is 11.6. The second-order valence-corrected chi connectivity index (χ2v) is 7.29. The minimum absolute atomic E-state index is 0.157. The quantitative estimate of drug-likeness (QED) is 0.384. The van der Waals surface area contributed by atoms with Gasteiger partial charge >= 0.3 is 0 Å². The van der Waals surface area contributed by atoms with Crippen LogP contribution in [0.15, 0.2) is 103 Å². The van der Waals surface area contributed by atoms with Crippen LogP contribution in [0.2, 0.25) is 0 Å². The largest absolute Gasteiger partial charge is 0.457 e. The molecule has 0 fully saturated rings. The number of carbonyl (C=O) groups excluding carboxylic acids is 1. The molecular weight excluding hydrogens is 400 g/mol. The summed E-state index contributed by atoms with van der Waals surface area (Å²) in [5.41, 5.74) is 3.77. The van der Waals surface area contributed by atoms with Gasteiger partial charge in [-0.1, -0.05) is 60.7 Å². The topological polar surface area (TPSA) is 60.5 Å². The van der Waals surface area contributed by atoms with Gasteiger partial charge in [-0.15, -0.1) is 0 Å². The Hall–Kier alpha value is -3.96. The van der Waals surface area contributed by atoms with Gasteiger partial charge in [0.05, 0.1) is 13.2 Å². The number of rotatable bonds is 9. The summed E-state index contributed by atoms with van der Waals surface area (Å²) in [6, 6.07) is 28.8. The average molecular weight is 425 g/mol. The molecule has 3 aromatic carbocycles. The van der Waals surface area contributed by atoms with Gasteiger partial charge in [0.1, 0.15) is 11.5 Å². The van der Waals surface area contributed by atoms with Crippen molar-refractivity contribution in [2.75, 3.05) is 0 Å². The highest BCUT2D eigenvalue weighted by molar-refractivity contribution is 5.94. The van der Waals surface area contributed by atoms with Gasteiger partial charge in [-0.25, -0.2) is 0 Å². The van der Waals surface area contributed by atoms with Crippen LogP contribution in [0.1, 0.15) is 27.0 Å². The maximum atomic E-state index is 12.6. The number of hydrogen-bond acceptors (Lipinski definition) is 4. The van der Waals surface area contributed by atoms with Crippen LogP contribution >= 0.6 is 0 Å². The third-order valence-electron chi connectivity index (χ3n) is 4.81. The van der Waals surface area contributed by atoms with Gasteiger partial charge in [0.2, 0.25) is 0 Å². The van der Waals surface area contributed by atoms with Crippen molar-refractivity contribution >= 4 is 5.91 Å². The first-order valence-corrected chi connectivity index (χ1v) is 10.4. The van der Waals surface area contributed by atoms with Crippen LogP contribution in [0.25, 0.3) is 0 Å². The molecule has 1 N–H and O–H groups in total. The first kappa shape index (κ1) is 21.3. The lowest BCUT2D eigenvalue weighted by Crippen LogP contribution is -2.22. The van der Waals surface area contributed by atoms with Crippen LogP contribution in [0, 0.1) is 0 Å². The average Bonchev–Trinajstić information content (AvgIpc) is 2.84. The van der Waals surface area contributed by atoms with E-state index in [2.05, 4.69) is 10.3 Å². The van der Waals surface area contributed by atoms with Crippen LogP contribution < -0.4 is 10.1 Å². The summed E-state index contributed by atoms with van der Waals surface area (Å²) in [5, 5.41) is 2.97. The molecule has 1 amide bonds. The summed E-state index contributed by atoms with van der Waals surface area (Å²) >= 11 is 0. The standard InChI is InChI=1S/C27H24N2O3/c30-27(24-10-5-11-26(17-24)32-25-12-14-28-15-13-25)29-18-22-8-4-9-23(16-22)20-31-19-21-6-2-1-3-7-21/h1-17H,18-20H2,(H,29,30). The molecule has 0 spiro atoms. The molecule has 4 aromatic rings. The number of ether oxygens (including phenoxy) is 2. The first-order valence-electron chi connectivity index (χ1n) is 10.4. The van der Waals surface area contributed by atoms with Crippen molar-refractivity contribution in [2.45, 2.75) is 19.8 Å². The van der Waals surface area contributed by atoms with Crippen LogP contribution in [0.3, 0.4) is 0 Å². The van der Waals surface area contributed by atoms with E-state index in [9.17, 15) is 4.79 Å². The van der Waals surface area contributed by atoms with Crippen molar-refractivity contribution in [2.24, 2.45) is 0 Å². The molecule has 0 aliphatic carbocycles. The molecule has 0 aliphatic rings. The van der Waals surface area contributed by atoms with E-state index < -0.39 is 0 Å². The van der Waals surface area contributed by atoms with E-state index in [1.54, 1.807) is 42.7 Å². The first-order chi connectivity index (χ1) is 15.8. The summed E-state index contributed by atoms with van der Waals surface area (Å²) in [5.74, 6) is 1.11. The minimum Gasteiger partial charge on any atom is -0.457 e. The maximum Gasteiger partial charge on any atom is 0.251 e. The molecule has 0 aliphatic heterocycles. The summed E-state index contributed by atoms with van der Waals surface area (Å²) in [6.45, 7) is 1.52. The van der Waals surface area contributed by atoms with Gasteiger partial charge in [0, 0.05) is 24.5 Å². The van der Waals surface area contributed by atoms with Gasteiger partial charge in [-0.05, 0) is 47.0 Å². The van der Waals surface area contributed by atoms with Crippen LogP contribution in [-0.2, 0) is 24.5 Å². The SMILES string of the molecule is O=C(NCc1cccc(COCc2ccccc2)c1)c1cccc(Oc2ccncc2)c1. The molecule has 1 aromatic heterocycles. The lowest BCUT2D eigenvalue weighted by molar-refractivity contribution is 0.0950. The minimum atomic E-state index is -0.157. The Morgan fingerprint density at radius 3 is 2.28 bits per heavy atom. The number of aromatic nitrogens is 1. The van der Waals surface area contributed by atoms with Crippen molar-refractivity contribution in [1.29, 1.82) is 0 Å². The third-order valence-corrected chi connectivity index (χ3v) is 4.81. The van der Waals surface area contributed by atoms with Gasteiger partial charge in [-0.3, -0.25) is 9.78 Å². The fourth-order valence-corrected chi connectivity index (χ4v) is 3.22. The van der Waals surface area contributed by atoms with Crippen molar-refractivity contribution in [3.05, 3.63) is 126 Å². The Kier molecular flexibility index (Phi) is 7.24. The highest BCUT2D eigenvalue weighted by atomic mass is 16.5. The highest BCUT2D eigenvalue weighted by Crippen LogP contribution is 2.21. The molecule has 0 atom stereocenters. The van der Waals surface area contributed by atoms with Gasteiger partial charge < -0.3 is 14.8 Å². The van der Waals surface area contributed by atoms with E-state index >= 15 is 0 Å². The summed E-state index contributed by atoms with van der Waals surface area (Å²) in [7, 11) is 0. The van der Waals surface area contributed by atoms with E-state index in [0.717, 1.165) is 16.7 Å². The zero-order valence-electron chi connectivity index (χ0n) is 17.6. The number of amides is 1. The van der Waals surface area contributed by atoms with E-state index in [-0.39, 0.29) is 5.91 Å². The molecule has 0 saturated carbocycles. The van der Waals surface area contributed by atoms with Crippen molar-refractivity contribution < 1.29 is 14.3 Å². The van der Waals surface area contributed by atoms with Crippen molar-refractivity contribution in [1.82, 2.24) is 10.3 Å². The molecule has 4 rings (SSSR count). The maximum absolute atomic E-state index is 12.6. The van der Waals surface area contributed by atoms with E-state index in [1.807, 2.05) is 60.7 Å². The van der Waals surface area contributed by atoms with Crippen molar-refractivity contribution in [3.8, 4) is 11.5 Å². The van der Waals surface area contributed by atoms with E-state index in [0.29, 0.717) is 36.8 Å². The zero-order valence-corrected chi connectivity index (χ0v) is 17.6. The number of carbonyl (C=O) groups is 1. The van der Waals surface area contributed by atoms with Gasteiger partial charge in [0.15, 0.2) is 0 Å². The number of nitrogens with one attached hydrogen (secondary N) is 1. The Balaban J connectivity index is 1.30. The lowest BCUT2D eigenvalue weighted by atomic mass is 10.1. The Labute approximate surface area is 187 Å². The second-order valence-electron chi connectivity index (χ2n) is 7.29. The van der Waals surface area contributed by atoms with Crippen LogP contribution in [-0.4, -0.2) is 10.9 Å². The molecule has 5 heteroatoms. The predicted molar refractivity (Wildman–Crippen MR) is 123 cm³/mol. The van der Waals surface area contributed by atoms with Crippen LogP contribution in [0.5, 0.6) is 11.5 Å². The number of nitrogens with zero attached hydrogens (tertiary/aromatic N) is 1. The molecule has 5 nitrogen and oxygen atoms in total. The van der Waals surface area contributed by atoms with E-state index in [1.165, 1.54) is 0 Å². The van der Waals surface area contributed by atoms with E-state index in [4.69, 9.17) is 9.47 Å². The number of benzene rings is 3. The molecule has 32 heavy (non-hydrogen) atoms. The second kappa shape index (κ2) is 10.9. The van der Waals surface area contributed by atoms with Crippen molar-refractivity contribution in [3.63, 3.8) is 0 Å². The summed E-state index contributed by atoms with van der Waals surface area (Å²) in [6.07, 6.45) is 3.32. The number of hydrogen-bond donors (Lipinski definition) is 1. The molecule has 0 radical (unpaired) electrons. The smallest absolute Gasteiger partial charge is 0.251 e.